The fraction of sp³-hybridized carbons (Fsp3) is 0.576. The molecule has 4 aromatic rings. The van der Waals surface area contributed by atoms with Crippen molar-refractivity contribution in [3.05, 3.63) is 96.7 Å². The molecule has 45 heteroatoms. The van der Waals surface area contributed by atoms with Crippen molar-refractivity contribution in [2.45, 2.75) is 301 Å². The number of benzene rings is 3. The van der Waals surface area contributed by atoms with Crippen molar-refractivity contribution < 1.29 is 90.3 Å². The summed E-state index contributed by atoms with van der Waals surface area (Å²) in [6, 6.07) is 28.5. The van der Waals surface area contributed by atoms with Crippen molar-refractivity contribution in [2.75, 3.05) is 50.6 Å². The smallest absolute Gasteiger partial charge is 0.264 e. The lowest BCUT2D eigenvalue weighted by molar-refractivity contribution is -0.223. The van der Waals surface area contributed by atoms with Crippen LogP contribution in [0.25, 0.3) is 10.9 Å². The Balaban J connectivity index is 0.000000789. The quantitative estimate of drug-likeness (QED) is 0.0257. The minimum atomic E-state index is -3.30. The fourth-order valence-corrected chi connectivity index (χ4v) is 20.3. The van der Waals surface area contributed by atoms with Crippen LogP contribution < -0.4 is 9.90 Å². The number of thiocarbonyl (C=S) groups is 8. The minimum absolute atomic E-state index is 0.00583. The van der Waals surface area contributed by atoms with Crippen molar-refractivity contribution in [3.8, 4) is 6.07 Å². The molecule has 3 aliphatic heterocycles. The van der Waals surface area contributed by atoms with Gasteiger partial charge in [0.1, 0.15) is 40.5 Å². The summed E-state index contributed by atoms with van der Waals surface area (Å²) in [4.78, 5) is 144. The number of anilines is 1. The summed E-state index contributed by atoms with van der Waals surface area (Å²) < 4.78 is 27.3. The molecule has 1 aliphatic carbocycles. The SMILES string of the molecule is CC(=O)C(C)SC(=S)ON(Cc1ccccc1)c1ccccc1.CC(=O)C(C)SC(=S)ON1C(=O)CCC1=O.CC(=O)C(C)SC(=S)ON1C(C)(C)CCCC1(C)C.CC(=O)C(C)SC(=S)ON1CCCC1.CC(=O)C(C)SC(=S)ON=C1CCCCC1.CC(=O)C(C)SC(=S)On1ccc2ccc(S(C)(=O)=O)cc21.CCN(CC)OC(=S)SC(C)C#N.CCN(CC)OC(=S)SC(C)C(C)=O. The van der Waals surface area contributed by atoms with Crippen molar-refractivity contribution in [1.82, 2.24) is 30.0 Å². The van der Waals surface area contributed by atoms with Gasteiger partial charge in [-0.05, 0) is 351 Å². The lowest BCUT2D eigenvalue weighted by Crippen LogP contribution is -2.58. The number of carbonyl (C=O) groups excluding carboxylic acids is 9. The predicted octanol–water partition coefficient (Wildman–Crippen LogP) is 21.9. The van der Waals surface area contributed by atoms with Gasteiger partial charge in [-0.3, -0.25) is 43.2 Å². The Labute approximate surface area is 887 Å². The monoisotopic (exact) mass is 2210 g/mol. The van der Waals surface area contributed by atoms with Crippen LogP contribution in [0, 0.1) is 11.3 Å². The van der Waals surface area contributed by atoms with Crippen molar-refractivity contribution >= 4 is 311 Å². The summed E-state index contributed by atoms with van der Waals surface area (Å²) in [5.74, 6) is -0.304. The Hall–Kier alpha value is -5.30. The topological polar surface area (TPSA) is 322 Å². The highest BCUT2D eigenvalue weighted by Crippen LogP contribution is 2.40. The second-order valence-corrected chi connectivity index (χ2v) is 49.7. The molecule has 0 spiro atoms. The second kappa shape index (κ2) is 68.9. The van der Waals surface area contributed by atoms with Crippen LogP contribution in [0.5, 0.6) is 0 Å². The van der Waals surface area contributed by atoms with E-state index in [1.165, 1.54) is 121 Å². The average Bonchev–Trinajstić information content (AvgIpc) is 1.74. The molecule has 0 bridgehead atoms. The zero-order chi connectivity index (χ0) is 104. The van der Waals surface area contributed by atoms with Gasteiger partial charge >= 0.3 is 0 Å². The second-order valence-electron chi connectivity index (χ2n) is 32.1. The summed E-state index contributed by atoms with van der Waals surface area (Å²) in [6.45, 7) is 47.4. The maximum atomic E-state index is 11.6. The molecule has 1 aromatic heterocycles. The van der Waals surface area contributed by atoms with Crippen LogP contribution in [0.2, 0.25) is 0 Å². The number of oxime groups is 1. The summed E-state index contributed by atoms with van der Waals surface area (Å²) in [6.07, 6.45) is 14.5. The molecule has 762 valence electrons. The fourth-order valence-electron chi connectivity index (χ4n) is 11.0. The van der Waals surface area contributed by atoms with E-state index in [9.17, 15) is 51.6 Å². The molecular weight excluding hydrogens is 2080 g/mol. The minimum Gasteiger partial charge on any atom is -0.387 e. The van der Waals surface area contributed by atoms with E-state index in [1.54, 1.807) is 95.0 Å². The number of fused-ring (bicyclic) bond motifs is 1. The van der Waals surface area contributed by atoms with Gasteiger partial charge in [-0.25, -0.2) is 13.5 Å². The number of hydroxylamine groups is 11. The number of aromatic nitrogens is 1. The summed E-state index contributed by atoms with van der Waals surface area (Å²) in [5, 5.41) is 21.7. The number of nitriles is 1. The van der Waals surface area contributed by atoms with E-state index in [0.29, 0.717) is 43.4 Å². The van der Waals surface area contributed by atoms with Crippen molar-refractivity contribution in [2.24, 2.45) is 5.16 Å². The molecule has 1 saturated carbocycles. The normalized spacial score (nSPS) is 15.9. The maximum absolute atomic E-state index is 11.6. The molecule has 137 heavy (non-hydrogen) atoms. The van der Waals surface area contributed by atoms with Crippen LogP contribution in [0.1, 0.15) is 242 Å². The van der Waals surface area contributed by atoms with Gasteiger partial charge in [-0.15, -0.1) is 25.3 Å². The van der Waals surface area contributed by atoms with Gasteiger partial charge in [-0.2, -0.15) is 9.99 Å². The van der Waals surface area contributed by atoms with Gasteiger partial charge in [0.25, 0.3) is 29.3 Å². The van der Waals surface area contributed by atoms with E-state index in [4.69, 9.17) is 142 Å². The molecule has 4 aliphatic rings. The summed E-state index contributed by atoms with van der Waals surface area (Å²) in [5.41, 5.74) is 3.64. The Morgan fingerprint density at radius 2 is 0.832 bits per heavy atom. The first kappa shape index (κ1) is 130. The molecule has 3 saturated heterocycles. The number of Topliss-reactive ketones (excluding diaryl/α,β-unsaturated/α-hetero) is 7. The molecule has 4 fully saturated rings. The number of thioether (sulfide) groups is 8. The maximum Gasteiger partial charge on any atom is 0.264 e. The van der Waals surface area contributed by atoms with Crippen LogP contribution in [-0.2, 0) is 93.4 Å². The summed E-state index contributed by atoms with van der Waals surface area (Å²) in [7, 11) is -3.30. The van der Waals surface area contributed by atoms with Crippen LogP contribution in [0.4, 0.5) is 5.69 Å². The van der Waals surface area contributed by atoms with E-state index in [0.717, 1.165) is 130 Å². The van der Waals surface area contributed by atoms with E-state index in [-0.39, 0.29) is 120 Å². The molecule has 8 unspecified atom stereocenters. The number of para-hydroxylation sites is 1. The lowest BCUT2D eigenvalue weighted by atomic mass is 9.82. The number of sulfone groups is 1. The van der Waals surface area contributed by atoms with Crippen LogP contribution in [-0.4, -0.2) is 230 Å². The van der Waals surface area contributed by atoms with E-state index in [1.807, 2.05) is 133 Å². The van der Waals surface area contributed by atoms with Gasteiger partial charge in [0.05, 0.1) is 87.5 Å². The first-order valence-electron chi connectivity index (χ1n) is 44.2. The molecule has 0 radical (unpaired) electrons. The van der Waals surface area contributed by atoms with E-state index >= 15 is 0 Å². The zero-order valence-corrected chi connectivity index (χ0v) is 96.3. The summed E-state index contributed by atoms with van der Waals surface area (Å²) >= 11 is 50.4. The van der Waals surface area contributed by atoms with E-state index in [2.05, 4.69) is 38.9 Å². The average molecular weight is 2210 g/mol. The molecule has 8 atom stereocenters. The van der Waals surface area contributed by atoms with Crippen LogP contribution >= 0.6 is 192 Å². The number of ketones is 7. The third-order valence-electron chi connectivity index (χ3n) is 19.8. The Morgan fingerprint density at radius 3 is 1.23 bits per heavy atom. The van der Waals surface area contributed by atoms with Gasteiger partial charge < -0.3 is 38.7 Å². The molecular formula is C92H133N9O19S17. The number of imide groups is 1. The largest absolute Gasteiger partial charge is 0.387 e. The Morgan fingerprint density at radius 1 is 0.460 bits per heavy atom. The number of amides is 2. The Bertz CT molecular complexity index is 4770. The first-order valence-corrected chi connectivity index (χ1v) is 56.4. The van der Waals surface area contributed by atoms with Crippen molar-refractivity contribution in [1.29, 1.82) is 5.26 Å². The highest BCUT2D eigenvalue weighted by atomic mass is 32.2. The highest BCUT2D eigenvalue weighted by molar-refractivity contribution is 8.26. The molecule has 28 nitrogen and oxygen atoms in total. The van der Waals surface area contributed by atoms with Gasteiger partial charge in [0.15, 0.2) is 9.84 Å². The van der Waals surface area contributed by atoms with Gasteiger partial charge in [-0.1, -0.05) is 160 Å². The first-order chi connectivity index (χ1) is 64.0. The highest BCUT2D eigenvalue weighted by Gasteiger charge is 2.44. The van der Waals surface area contributed by atoms with Gasteiger partial charge in [0.2, 0.25) is 17.5 Å². The molecule has 4 heterocycles. The molecule has 2 amide bonds. The van der Waals surface area contributed by atoms with Gasteiger partial charge in [0, 0.05) is 69.9 Å². The molecule has 8 rings (SSSR count). The molecule has 0 N–H and O–H groups in total. The number of hydrogen-bond donors (Lipinski definition) is 0. The molecule has 3 aromatic carbocycles. The third kappa shape index (κ3) is 55.4. The van der Waals surface area contributed by atoms with Crippen LogP contribution in [0.3, 0.4) is 0 Å². The number of piperidine rings is 1. The number of rotatable bonds is 31. The lowest BCUT2D eigenvalue weighted by Gasteiger charge is -2.50. The van der Waals surface area contributed by atoms with Crippen molar-refractivity contribution in [3.63, 3.8) is 0 Å². The third-order valence-corrected chi connectivity index (χ3v) is 31.2. The zero-order valence-electron chi connectivity index (χ0n) is 82.4. The number of nitrogens with zero attached hydrogens (tertiary/aromatic N) is 9. The predicted molar refractivity (Wildman–Crippen MR) is 598 cm³/mol. The number of hydrogen-bond acceptors (Lipinski definition) is 42. The standard InChI is InChI=1S/C18H19NO2S2.C14H15NO4S3.C14H25NO2S2.C11H17NO2S2.C9H11NO4S2.C9H15NO2S2.C9H17NO2S2.C8H14N2OS2/c1-14(20)15(2)23-18(22)21-19(17-11-7-4-8-12-17)13-16-9-5-3-6-10-16;1-9(16)10(2)21-14(20)19-15-7-6-11-4-5-12(8-13(11)15)22(3,17)18;1-10(16)11(2)19-12(18)17-15-13(3,4)8-7-9-14(15,5)6;1-8(13)9(2)16-11(15)14-12-10-6-4-3-5-7-10;1-5(11)6(2)16-9(15)14-10-7(12)3-4-8(10)13;1-7(11)8(2)14-9(13)12-10-5-3-4-6-10;1-5-10(6-2)12-9(13)14-8(4)7(3)11;1-4-10(5-2)11-8(12)13-7(3)6-9/h3-12,15H,13H2,1-2H3;4-8,10H,1-3H3;11H,7-9H2,1-6H3;9H,3-7H2,1-2H3;6H,3-4H2,1-2H3;8H,3-6H2,1-2H3;8H,5-6H2,1-4H3;7H,4-5H2,1-3H3. The van der Waals surface area contributed by atoms with E-state index < -0.39 is 21.7 Å². The van der Waals surface area contributed by atoms with Crippen LogP contribution in [0.15, 0.2) is 101 Å². The Kier molecular flexibility index (Phi) is 65.2. The number of carbonyl (C=O) groups is 9.